The van der Waals surface area contributed by atoms with Gasteiger partial charge >= 0.3 is 5.92 Å². The van der Waals surface area contributed by atoms with Gasteiger partial charge in [-0.05, 0) is 106 Å². The predicted molar refractivity (Wildman–Crippen MR) is 225 cm³/mol. The van der Waals surface area contributed by atoms with Gasteiger partial charge in [-0.3, -0.25) is 24.8 Å². The van der Waals surface area contributed by atoms with Crippen LogP contribution in [0.4, 0.5) is 31.9 Å². The number of imide groups is 1. The number of hydrogen-bond acceptors (Lipinski definition) is 11. The van der Waals surface area contributed by atoms with Crippen LogP contribution in [0.5, 0.6) is 5.75 Å². The zero-order chi connectivity index (χ0) is 41.3. The molecule has 4 N–H and O–H groups in total. The predicted octanol–water partition coefficient (Wildman–Crippen LogP) is 6.44. The fourth-order valence-corrected chi connectivity index (χ4v) is 9.83. The molecule has 3 saturated heterocycles. The molecule has 0 spiro atoms. The van der Waals surface area contributed by atoms with Crippen molar-refractivity contribution in [2.75, 3.05) is 54.9 Å². The molecule has 4 aliphatic heterocycles. The maximum Gasteiger partial charge on any atom is 0.301 e. The average Bonchev–Trinajstić information content (AvgIpc) is 4.02. The number of hydrogen-bond donors (Lipinski definition) is 4. The van der Waals surface area contributed by atoms with Crippen LogP contribution in [0.25, 0.3) is 21.8 Å². The van der Waals surface area contributed by atoms with E-state index >= 15 is 8.78 Å². The number of H-pyrrole nitrogens is 1. The SMILES string of the molecule is Cn1c(=O)c2c(c3cc(Nc4nc(N5CCC(CN6CCC(c7ccc8c(C9CCC(=O)NC9=O)[nH]nc8c7)CC6)CC5)ncc4Cl)ccc31)NC(C1CC1)C(F)(F)CO2. The van der Waals surface area contributed by atoms with Crippen LogP contribution in [0.15, 0.2) is 47.4 Å². The quantitative estimate of drug-likeness (QED) is 0.127. The van der Waals surface area contributed by atoms with Crippen molar-refractivity contribution in [3.05, 3.63) is 69.2 Å². The molecule has 7 heterocycles. The summed E-state index contributed by atoms with van der Waals surface area (Å²) in [6.07, 6.45) is 8.00. The molecule has 5 aliphatic rings. The van der Waals surface area contributed by atoms with Crippen LogP contribution in [0, 0.1) is 11.8 Å². The van der Waals surface area contributed by atoms with Crippen molar-refractivity contribution in [1.29, 1.82) is 0 Å². The van der Waals surface area contributed by atoms with Crippen molar-refractivity contribution >= 4 is 68.4 Å². The molecule has 60 heavy (non-hydrogen) atoms. The minimum absolute atomic E-state index is 0.103. The molecule has 2 amide bonds. The molecule has 5 aromatic rings. The third kappa shape index (κ3) is 7.31. The van der Waals surface area contributed by atoms with Crippen LogP contribution >= 0.6 is 11.6 Å². The molecule has 0 radical (unpaired) electrons. The summed E-state index contributed by atoms with van der Waals surface area (Å²) in [6.45, 7) is 3.91. The van der Waals surface area contributed by atoms with Crippen molar-refractivity contribution in [2.45, 2.75) is 75.2 Å². The Morgan fingerprint density at radius 2 is 1.77 bits per heavy atom. The van der Waals surface area contributed by atoms with E-state index in [1.807, 2.05) is 12.1 Å². The number of nitrogens with one attached hydrogen (secondary N) is 4. The van der Waals surface area contributed by atoms with Crippen LogP contribution < -0.4 is 31.1 Å². The number of anilines is 4. The molecule has 1 aliphatic carbocycles. The molecule has 314 valence electrons. The van der Waals surface area contributed by atoms with Gasteiger partial charge in [0.25, 0.3) is 5.56 Å². The van der Waals surface area contributed by atoms with Gasteiger partial charge in [-0.15, -0.1) is 0 Å². The highest BCUT2D eigenvalue weighted by molar-refractivity contribution is 6.33. The van der Waals surface area contributed by atoms with Crippen molar-refractivity contribution in [2.24, 2.45) is 18.9 Å². The molecular weight excluding hydrogens is 794 g/mol. The fourth-order valence-electron chi connectivity index (χ4n) is 9.69. The molecule has 14 nitrogen and oxygen atoms in total. The van der Waals surface area contributed by atoms with Crippen molar-refractivity contribution in [1.82, 2.24) is 34.9 Å². The number of aromatic amines is 1. The summed E-state index contributed by atoms with van der Waals surface area (Å²) in [4.78, 5) is 51.5. The first-order valence-corrected chi connectivity index (χ1v) is 21.4. The number of likely N-dealkylation sites (tertiary alicyclic amines) is 1. The second-order valence-electron chi connectivity index (χ2n) is 17.2. The van der Waals surface area contributed by atoms with Crippen LogP contribution in [-0.2, 0) is 16.6 Å². The Labute approximate surface area is 349 Å². The van der Waals surface area contributed by atoms with E-state index in [4.69, 9.17) is 21.3 Å². The lowest BCUT2D eigenvalue weighted by molar-refractivity contribution is -0.134. The number of amides is 2. The first kappa shape index (κ1) is 38.8. The molecule has 2 unspecified atom stereocenters. The van der Waals surface area contributed by atoms with Gasteiger partial charge in [0.2, 0.25) is 23.5 Å². The van der Waals surface area contributed by atoms with Gasteiger partial charge in [0.05, 0.1) is 40.6 Å². The van der Waals surface area contributed by atoms with Gasteiger partial charge in [0.1, 0.15) is 5.02 Å². The normalized spacial score (nSPS) is 22.9. The third-order valence-electron chi connectivity index (χ3n) is 13.3. The van der Waals surface area contributed by atoms with Crippen molar-refractivity contribution in [3.8, 4) is 5.75 Å². The van der Waals surface area contributed by atoms with Crippen LogP contribution in [0.3, 0.4) is 0 Å². The van der Waals surface area contributed by atoms with Crippen LogP contribution in [0.1, 0.15) is 74.5 Å². The number of piperidine rings is 3. The average molecular weight is 841 g/mol. The monoisotopic (exact) mass is 840 g/mol. The number of ether oxygens (including phenoxy) is 1. The Balaban J connectivity index is 0.759. The molecule has 2 atom stereocenters. The molecule has 4 fully saturated rings. The maximum absolute atomic E-state index is 15.1. The Morgan fingerprint density at radius 3 is 2.53 bits per heavy atom. The molecule has 0 bridgehead atoms. The number of aryl methyl sites for hydroxylation is 1. The summed E-state index contributed by atoms with van der Waals surface area (Å²) >= 11 is 6.62. The number of rotatable bonds is 8. The van der Waals surface area contributed by atoms with E-state index in [-0.39, 0.29) is 29.2 Å². The number of pyridine rings is 1. The molecule has 1 saturated carbocycles. The third-order valence-corrected chi connectivity index (χ3v) is 13.6. The lowest BCUT2D eigenvalue weighted by Gasteiger charge is -2.38. The van der Waals surface area contributed by atoms with E-state index in [1.54, 1.807) is 19.3 Å². The Kier molecular flexibility index (Phi) is 9.89. The summed E-state index contributed by atoms with van der Waals surface area (Å²) in [5.74, 6) is -2.27. The summed E-state index contributed by atoms with van der Waals surface area (Å²) in [7, 11) is 1.61. The van der Waals surface area contributed by atoms with Gasteiger partial charge in [-0.1, -0.05) is 23.7 Å². The maximum atomic E-state index is 15.1. The number of carbonyl (C=O) groups is 2. The molecule has 2 aromatic carbocycles. The second-order valence-corrected chi connectivity index (χ2v) is 17.6. The van der Waals surface area contributed by atoms with Gasteiger partial charge < -0.3 is 29.7 Å². The summed E-state index contributed by atoms with van der Waals surface area (Å²) in [5, 5.41) is 18.3. The van der Waals surface area contributed by atoms with Crippen molar-refractivity contribution in [3.63, 3.8) is 0 Å². The minimum atomic E-state index is -3.13. The lowest BCUT2D eigenvalue weighted by Crippen LogP contribution is -2.44. The smallest absolute Gasteiger partial charge is 0.301 e. The highest BCUT2D eigenvalue weighted by Crippen LogP contribution is 2.46. The lowest BCUT2D eigenvalue weighted by atomic mass is 9.87. The number of nitrogens with zero attached hydrogens (tertiary/aromatic N) is 6. The topological polar surface area (TPSA) is 162 Å². The molecule has 3 aromatic heterocycles. The summed E-state index contributed by atoms with van der Waals surface area (Å²) < 4.78 is 37.2. The second kappa shape index (κ2) is 15.3. The van der Waals surface area contributed by atoms with Crippen LogP contribution in [-0.4, -0.2) is 92.7 Å². The zero-order valence-electron chi connectivity index (χ0n) is 33.3. The van der Waals surface area contributed by atoms with Gasteiger partial charge in [-0.2, -0.15) is 10.1 Å². The number of carbonyl (C=O) groups excluding carboxylic acids is 2. The first-order chi connectivity index (χ1) is 29.0. The fraction of sp³-hybridized carbons (Fsp3) is 0.488. The molecule has 17 heteroatoms. The van der Waals surface area contributed by atoms with E-state index in [0.29, 0.717) is 70.9 Å². The van der Waals surface area contributed by atoms with Gasteiger partial charge in [0, 0.05) is 49.6 Å². The Bertz CT molecular complexity index is 2560. The van der Waals surface area contributed by atoms with E-state index in [0.717, 1.165) is 75.0 Å². The first-order valence-electron chi connectivity index (χ1n) is 21.0. The standard InChI is InChI=1S/C43H47ClF2N10O4/c1-54-33-8-5-27(19-30(33)36-37(41(54)59)60-22-43(45,46)38(50-36)25-2-3-25)48-39-31(44)20-47-42(51-39)56-16-10-23(11-17-56)21-55-14-12-24(13-15-55)26-4-6-28-32(18-26)52-53-35(28)29-7-9-34(57)49-40(29)58/h4-6,8,18-20,23-25,29,38,50H,2-3,7,9-17,21-22H2,1H3,(H,52,53)(H,47,48,51)(H,49,57,58). The molecule has 10 rings (SSSR count). The minimum Gasteiger partial charge on any atom is -0.480 e. The highest BCUT2D eigenvalue weighted by atomic mass is 35.5. The number of fused-ring (bicyclic) bond motifs is 4. The van der Waals surface area contributed by atoms with Crippen molar-refractivity contribution < 1.29 is 23.1 Å². The van der Waals surface area contributed by atoms with E-state index in [1.165, 1.54) is 10.1 Å². The van der Waals surface area contributed by atoms with E-state index < -0.39 is 30.0 Å². The highest BCUT2D eigenvalue weighted by Gasteiger charge is 2.51. The van der Waals surface area contributed by atoms with E-state index in [9.17, 15) is 14.4 Å². The summed E-state index contributed by atoms with van der Waals surface area (Å²) in [5.41, 5.74) is 3.93. The number of halogens is 3. The number of aromatic nitrogens is 5. The summed E-state index contributed by atoms with van der Waals surface area (Å²) in [6, 6.07) is 10.7. The number of benzene rings is 2. The van der Waals surface area contributed by atoms with Gasteiger partial charge in [-0.25, -0.2) is 13.8 Å². The van der Waals surface area contributed by atoms with E-state index in [2.05, 4.69) is 59.1 Å². The molecular formula is C43H47ClF2N10O4. The Morgan fingerprint density at radius 1 is 0.967 bits per heavy atom. The largest absolute Gasteiger partial charge is 0.480 e. The van der Waals surface area contributed by atoms with Crippen LogP contribution in [0.2, 0.25) is 5.02 Å². The zero-order valence-corrected chi connectivity index (χ0v) is 34.0. The Hall–Kier alpha value is -5.35. The number of alkyl halides is 2. The van der Waals surface area contributed by atoms with Gasteiger partial charge in [0.15, 0.2) is 12.4 Å².